The maximum atomic E-state index is 12.3. The van der Waals surface area contributed by atoms with Gasteiger partial charge < -0.3 is 4.42 Å². The predicted molar refractivity (Wildman–Crippen MR) is 94.2 cm³/mol. The van der Waals surface area contributed by atoms with Crippen molar-refractivity contribution in [2.75, 3.05) is 5.32 Å². The van der Waals surface area contributed by atoms with Crippen molar-refractivity contribution in [3.05, 3.63) is 52.9 Å². The van der Waals surface area contributed by atoms with Crippen LogP contribution in [0.2, 0.25) is 0 Å². The summed E-state index contributed by atoms with van der Waals surface area (Å²) in [5, 5.41) is 19.5. The number of benzene rings is 1. The summed E-state index contributed by atoms with van der Waals surface area (Å²) in [6.07, 6.45) is 1.37. The normalized spacial score (nSPS) is 10.8. The Hall–Kier alpha value is -3.40. The summed E-state index contributed by atoms with van der Waals surface area (Å²) in [5.74, 6) is -0.170. The molecule has 0 saturated carbocycles. The Morgan fingerprint density at radius 3 is 2.73 bits per heavy atom. The van der Waals surface area contributed by atoms with Gasteiger partial charge in [0, 0.05) is 0 Å². The van der Waals surface area contributed by atoms with Gasteiger partial charge in [-0.25, -0.2) is 4.98 Å². The van der Waals surface area contributed by atoms with E-state index < -0.39 is 5.91 Å². The van der Waals surface area contributed by atoms with Gasteiger partial charge in [0.15, 0.2) is 5.69 Å². The molecule has 130 valence electrons. The van der Waals surface area contributed by atoms with Crippen LogP contribution in [0, 0.1) is 13.8 Å². The van der Waals surface area contributed by atoms with Crippen molar-refractivity contribution in [1.29, 1.82) is 0 Å². The minimum Gasteiger partial charge on any atom is -0.402 e. The summed E-state index contributed by atoms with van der Waals surface area (Å²) >= 11 is 1.45. The van der Waals surface area contributed by atoms with Gasteiger partial charge in [-0.2, -0.15) is 9.90 Å². The van der Waals surface area contributed by atoms with Gasteiger partial charge in [0.25, 0.3) is 11.8 Å². The molecule has 0 aliphatic heterocycles. The lowest BCUT2D eigenvalue weighted by atomic mass is 10.3. The number of hydrogen-bond donors (Lipinski definition) is 1. The molecule has 3 heterocycles. The number of thiazole rings is 1. The molecule has 4 rings (SSSR count). The molecule has 0 saturated heterocycles. The van der Waals surface area contributed by atoms with Crippen molar-refractivity contribution < 1.29 is 9.21 Å². The summed E-state index contributed by atoms with van der Waals surface area (Å²) in [6.45, 7) is 3.76. The molecule has 1 aromatic carbocycles. The lowest BCUT2D eigenvalue weighted by Gasteiger charge is -1.98. The number of nitrogens with one attached hydrogen (secondary N) is 1. The molecule has 1 N–H and O–H groups in total. The molecular weight excluding hydrogens is 354 g/mol. The van der Waals surface area contributed by atoms with Crippen molar-refractivity contribution in [2.24, 2.45) is 0 Å². The zero-order valence-corrected chi connectivity index (χ0v) is 14.7. The topological polar surface area (TPSA) is 112 Å². The number of para-hydroxylation sites is 1. The van der Waals surface area contributed by atoms with E-state index in [1.807, 2.05) is 44.2 Å². The van der Waals surface area contributed by atoms with E-state index in [-0.39, 0.29) is 11.7 Å². The monoisotopic (exact) mass is 367 g/mol. The fourth-order valence-electron chi connectivity index (χ4n) is 2.31. The second kappa shape index (κ2) is 6.48. The molecule has 3 aromatic heterocycles. The first kappa shape index (κ1) is 16.1. The Kier molecular flexibility index (Phi) is 4.01. The number of aryl methyl sites for hydroxylation is 2. The summed E-state index contributed by atoms with van der Waals surface area (Å²) in [5.41, 5.74) is 1.70. The number of aromatic nitrogens is 6. The van der Waals surface area contributed by atoms with Gasteiger partial charge in [-0.05, 0) is 26.0 Å². The van der Waals surface area contributed by atoms with Crippen LogP contribution in [0.4, 0.5) is 6.01 Å². The minimum atomic E-state index is -0.486. The second-order valence-electron chi connectivity index (χ2n) is 5.37. The van der Waals surface area contributed by atoms with Crippen LogP contribution in [0.5, 0.6) is 0 Å². The van der Waals surface area contributed by atoms with Crippen molar-refractivity contribution in [3.63, 3.8) is 0 Å². The molecule has 0 aliphatic carbocycles. The number of carbonyl (C=O) groups excluding carboxylic acids is 1. The van der Waals surface area contributed by atoms with Crippen LogP contribution in [-0.2, 0) is 0 Å². The van der Waals surface area contributed by atoms with Crippen molar-refractivity contribution in [2.45, 2.75) is 13.8 Å². The average Bonchev–Trinajstić information content (AvgIpc) is 3.35. The Balaban J connectivity index is 1.51. The zero-order valence-electron chi connectivity index (χ0n) is 13.9. The Morgan fingerprint density at radius 1 is 1.19 bits per heavy atom. The number of anilines is 1. The van der Waals surface area contributed by atoms with E-state index in [0.29, 0.717) is 5.89 Å². The van der Waals surface area contributed by atoms with E-state index in [9.17, 15) is 4.79 Å². The molecule has 0 aliphatic rings. The molecule has 4 aromatic rings. The van der Waals surface area contributed by atoms with Crippen LogP contribution >= 0.6 is 11.3 Å². The molecule has 0 fully saturated rings. The van der Waals surface area contributed by atoms with E-state index in [1.165, 1.54) is 22.3 Å². The molecule has 0 bridgehead atoms. The Morgan fingerprint density at radius 2 is 2.00 bits per heavy atom. The Bertz CT molecular complexity index is 1070. The highest BCUT2D eigenvalue weighted by atomic mass is 32.1. The van der Waals surface area contributed by atoms with Crippen LogP contribution in [-0.4, -0.2) is 36.1 Å². The maximum absolute atomic E-state index is 12.3. The second-order valence-corrected chi connectivity index (χ2v) is 6.57. The third-order valence-corrected chi connectivity index (χ3v) is 4.52. The van der Waals surface area contributed by atoms with Crippen molar-refractivity contribution >= 4 is 23.3 Å². The highest BCUT2D eigenvalue weighted by molar-refractivity contribution is 7.15. The summed E-state index contributed by atoms with van der Waals surface area (Å²) < 4.78 is 5.51. The SMILES string of the molecule is Cc1nc(C)c(-c2nnc(NC(=O)c3cnn(-c4ccccc4)n3)o2)s1. The van der Waals surface area contributed by atoms with Crippen LogP contribution in [0.3, 0.4) is 0 Å². The number of hydrogen-bond acceptors (Lipinski definition) is 8. The van der Waals surface area contributed by atoms with Gasteiger partial charge in [-0.3, -0.25) is 10.1 Å². The maximum Gasteiger partial charge on any atom is 0.322 e. The molecule has 1 amide bonds. The van der Waals surface area contributed by atoms with Crippen LogP contribution in [0.1, 0.15) is 21.2 Å². The molecular formula is C16H13N7O2S. The zero-order chi connectivity index (χ0) is 18.1. The highest BCUT2D eigenvalue weighted by Gasteiger charge is 2.18. The van der Waals surface area contributed by atoms with E-state index >= 15 is 0 Å². The molecule has 9 nitrogen and oxygen atoms in total. The van der Waals surface area contributed by atoms with Crippen LogP contribution in [0.25, 0.3) is 16.5 Å². The summed E-state index contributed by atoms with van der Waals surface area (Å²) in [4.78, 5) is 18.8. The molecule has 0 atom stereocenters. The summed E-state index contributed by atoms with van der Waals surface area (Å²) in [7, 11) is 0. The fourth-order valence-corrected chi connectivity index (χ4v) is 3.15. The molecule has 26 heavy (non-hydrogen) atoms. The van der Waals surface area contributed by atoms with Crippen LogP contribution in [0.15, 0.2) is 40.9 Å². The van der Waals surface area contributed by atoms with Crippen molar-refractivity contribution in [3.8, 4) is 16.5 Å². The first-order chi connectivity index (χ1) is 12.6. The van der Waals surface area contributed by atoms with E-state index in [4.69, 9.17) is 4.42 Å². The minimum absolute atomic E-state index is 0.00952. The smallest absolute Gasteiger partial charge is 0.322 e. The van der Waals surface area contributed by atoms with Gasteiger partial charge in [0.1, 0.15) is 4.88 Å². The Labute approximate surface area is 151 Å². The lowest BCUT2D eigenvalue weighted by molar-refractivity contribution is 0.101. The quantitative estimate of drug-likeness (QED) is 0.590. The molecule has 10 heteroatoms. The van der Waals surface area contributed by atoms with E-state index in [2.05, 4.69) is 30.7 Å². The number of rotatable bonds is 4. The predicted octanol–water partition coefficient (Wildman–Crippen LogP) is 2.64. The lowest BCUT2D eigenvalue weighted by Crippen LogP contribution is -2.13. The van der Waals surface area contributed by atoms with E-state index in [1.54, 1.807) is 0 Å². The number of carbonyl (C=O) groups is 1. The van der Waals surface area contributed by atoms with Gasteiger partial charge >= 0.3 is 6.01 Å². The third kappa shape index (κ3) is 3.09. The van der Waals surface area contributed by atoms with Crippen molar-refractivity contribution in [1.82, 2.24) is 30.2 Å². The molecule has 0 unspecified atom stereocenters. The van der Waals surface area contributed by atoms with Gasteiger partial charge in [-0.1, -0.05) is 23.3 Å². The standard InChI is InChI=1S/C16H13N7O2S/c1-9-13(26-10(2)18-9)15-20-21-16(25-15)19-14(24)12-8-17-23(22-12)11-6-4-3-5-7-11/h3-8H,1-2H3,(H,19,21,24). The third-order valence-electron chi connectivity index (χ3n) is 3.45. The van der Waals surface area contributed by atoms with Gasteiger partial charge in [-0.15, -0.1) is 21.5 Å². The molecule has 0 radical (unpaired) electrons. The first-order valence-corrected chi connectivity index (χ1v) is 8.49. The van der Waals surface area contributed by atoms with E-state index in [0.717, 1.165) is 21.3 Å². The highest BCUT2D eigenvalue weighted by Crippen LogP contribution is 2.29. The van der Waals surface area contributed by atoms with Crippen LogP contribution < -0.4 is 5.32 Å². The number of amides is 1. The van der Waals surface area contributed by atoms with Gasteiger partial charge in [0.2, 0.25) is 0 Å². The first-order valence-electron chi connectivity index (χ1n) is 7.67. The van der Waals surface area contributed by atoms with Gasteiger partial charge in [0.05, 0.1) is 22.6 Å². The summed E-state index contributed by atoms with van der Waals surface area (Å²) in [6, 6.07) is 9.28. The molecule has 0 spiro atoms. The fraction of sp³-hybridized carbons (Fsp3) is 0.125. The number of nitrogens with zero attached hydrogens (tertiary/aromatic N) is 6. The average molecular weight is 367 g/mol. The largest absolute Gasteiger partial charge is 0.402 e.